The van der Waals surface area contributed by atoms with Gasteiger partial charge in [-0.25, -0.2) is 0 Å². The van der Waals surface area contributed by atoms with Gasteiger partial charge in [-0.05, 0) is 13.0 Å². The second-order valence-electron chi connectivity index (χ2n) is 1.23. The van der Waals surface area contributed by atoms with Gasteiger partial charge in [-0.15, -0.1) is 0 Å². The maximum absolute atomic E-state index is 5.15. The molecule has 0 radical (unpaired) electrons. The zero-order valence-corrected chi connectivity index (χ0v) is 4.71. The van der Waals surface area contributed by atoms with Gasteiger partial charge in [-0.1, -0.05) is 5.16 Å². The zero-order chi connectivity index (χ0) is 6.24. The lowest BCUT2D eigenvalue weighted by Crippen LogP contribution is -2.02. The van der Waals surface area contributed by atoms with Gasteiger partial charge in [0.15, 0.2) is 0 Å². The fourth-order valence-electron chi connectivity index (χ4n) is 0.244. The lowest BCUT2D eigenvalue weighted by molar-refractivity contribution is 0.144. The molecule has 0 aliphatic carbocycles. The summed E-state index contributed by atoms with van der Waals surface area (Å²) in [6.07, 6.45) is 1.92. The fourth-order valence-corrected chi connectivity index (χ4v) is 0.244. The maximum Gasteiger partial charge on any atom is 0.125 e. The van der Waals surface area contributed by atoms with Crippen LogP contribution < -0.4 is 11.5 Å². The van der Waals surface area contributed by atoms with Crippen molar-refractivity contribution < 1.29 is 4.84 Å². The first-order chi connectivity index (χ1) is 3.91. The van der Waals surface area contributed by atoms with Gasteiger partial charge in [-0.3, -0.25) is 0 Å². The Hall–Kier alpha value is -0.770. The molecule has 4 nitrogen and oxygen atoms in total. The summed E-state index contributed by atoms with van der Waals surface area (Å²) >= 11 is 0. The highest BCUT2D eigenvalue weighted by Crippen LogP contribution is 1.76. The quantitative estimate of drug-likeness (QED) is 0.220. The van der Waals surface area contributed by atoms with Crippen molar-refractivity contribution in [1.29, 1.82) is 0 Å². The van der Waals surface area contributed by atoms with Crippen molar-refractivity contribution in [2.45, 2.75) is 6.42 Å². The van der Waals surface area contributed by atoms with E-state index < -0.39 is 0 Å². The van der Waals surface area contributed by atoms with Crippen LogP contribution in [0.3, 0.4) is 0 Å². The molecule has 0 fully saturated rings. The number of hydrogen-bond acceptors (Lipinski definition) is 3. The summed E-state index contributed by atoms with van der Waals surface area (Å²) in [4.78, 5) is 4.59. The van der Waals surface area contributed by atoms with Gasteiger partial charge >= 0.3 is 0 Å². The van der Waals surface area contributed by atoms with Gasteiger partial charge in [0.05, 0.1) is 0 Å². The van der Waals surface area contributed by atoms with Crippen molar-refractivity contribution in [3.8, 4) is 0 Å². The average molecular weight is 117 g/mol. The normalized spacial score (nSPS) is 10.1. The predicted molar refractivity (Wildman–Crippen MR) is 32.3 cm³/mol. The van der Waals surface area contributed by atoms with E-state index in [1.54, 1.807) is 0 Å². The van der Waals surface area contributed by atoms with Crippen molar-refractivity contribution in [2.24, 2.45) is 16.6 Å². The molecule has 0 bridgehead atoms. The van der Waals surface area contributed by atoms with Crippen molar-refractivity contribution in [1.82, 2.24) is 0 Å². The van der Waals surface area contributed by atoms with E-state index in [0.29, 0.717) is 13.2 Å². The molecule has 0 aromatic rings. The van der Waals surface area contributed by atoms with Gasteiger partial charge in [0.25, 0.3) is 0 Å². The van der Waals surface area contributed by atoms with Crippen molar-refractivity contribution in [3.63, 3.8) is 0 Å². The SMILES string of the molecule is N/C=N\OCCCN. The summed E-state index contributed by atoms with van der Waals surface area (Å²) < 4.78 is 0. The lowest BCUT2D eigenvalue weighted by Gasteiger charge is -1.92. The van der Waals surface area contributed by atoms with Crippen LogP contribution in [-0.2, 0) is 4.84 Å². The van der Waals surface area contributed by atoms with Crippen LogP contribution in [0.4, 0.5) is 0 Å². The highest BCUT2D eigenvalue weighted by Gasteiger charge is 1.78. The summed E-state index contributed by atoms with van der Waals surface area (Å²) in [6.45, 7) is 1.17. The predicted octanol–water partition coefficient (Wildman–Crippen LogP) is -0.746. The number of nitrogens with two attached hydrogens (primary N) is 2. The highest BCUT2D eigenvalue weighted by molar-refractivity contribution is 5.49. The standard InChI is InChI=1S/C4H11N3O/c5-2-1-3-8-7-4-6/h4H,1-3,5H2,(H2,6,7). The van der Waals surface area contributed by atoms with E-state index in [1.807, 2.05) is 0 Å². The first-order valence-corrected chi connectivity index (χ1v) is 2.47. The molecule has 0 atom stereocenters. The maximum atomic E-state index is 5.15. The Balaban J connectivity index is 2.72. The van der Waals surface area contributed by atoms with Gasteiger partial charge in [0, 0.05) is 0 Å². The van der Waals surface area contributed by atoms with E-state index >= 15 is 0 Å². The molecule has 0 rings (SSSR count). The van der Waals surface area contributed by atoms with E-state index in [9.17, 15) is 0 Å². The Labute approximate surface area is 48.5 Å². The second kappa shape index (κ2) is 6.23. The van der Waals surface area contributed by atoms with Crippen molar-refractivity contribution >= 4 is 6.34 Å². The molecule has 0 aromatic carbocycles. The average Bonchev–Trinajstić information content (AvgIpc) is 1.81. The van der Waals surface area contributed by atoms with Crippen LogP contribution >= 0.6 is 0 Å². The zero-order valence-electron chi connectivity index (χ0n) is 4.71. The molecule has 8 heavy (non-hydrogen) atoms. The number of hydrogen-bond donors (Lipinski definition) is 2. The Morgan fingerprint density at radius 2 is 2.38 bits per heavy atom. The Bertz CT molecular complexity index is 64.3. The summed E-state index contributed by atoms with van der Waals surface area (Å²) in [7, 11) is 0. The molecule has 0 saturated carbocycles. The third kappa shape index (κ3) is 5.23. The minimum atomic E-state index is 0.546. The van der Waals surface area contributed by atoms with Crippen LogP contribution in [0.15, 0.2) is 5.16 Å². The summed E-state index contributed by atoms with van der Waals surface area (Å²) in [5.74, 6) is 0. The molecule has 0 spiro atoms. The van der Waals surface area contributed by atoms with Gasteiger partial charge in [-0.2, -0.15) is 0 Å². The fraction of sp³-hybridized carbons (Fsp3) is 0.750. The number of nitrogens with zero attached hydrogens (tertiary/aromatic N) is 1. The third-order valence-electron chi connectivity index (χ3n) is 0.575. The van der Waals surface area contributed by atoms with Gasteiger partial charge in [0.2, 0.25) is 0 Å². The molecular weight excluding hydrogens is 106 g/mol. The van der Waals surface area contributed by atoms with Gasteiger partial charge < -0.3 is 16.3 Å². The Kier molecular flexibility index (Phi) is 5.63. The number of rotatable bonds is 4. The Morgan fingerprint density at radius 1 is 1.62 bits per heavy atom. The molecule has 0 amide bonds. The molecule has 4 heteroatoms. The van der Waals surface area contributed by atoms with Crippen LogP contribution in [0.1, 0.15) is 6.42 Å². The molecule has 0 heterocycles. The number of oxime groups is 1. The van der Waals surface area contributed by atoms with Crippen LogP contribution in [0.5, 0.6) is 0 Å². The molecular formula is C4H11N3O. The van der Waals surface area contributed by atoms with E-state index in [1.165, 1.54) is 0 Å². The van der Waals surface area contributed by atoms with E-state index in [-0.39, 0.29) is 0 Å². The first-order valence-electron chi connectivity index (χ1n) is 2.47. The van der Waals surface area contributed by atoms with Crippen molar-refractivity contribution in [3.05, 3.63) is 0 Å². The largest absolute Gasteiger partial charge is 0.395 e. The molecule has 0 aromatic heterocycles. The minimum absolute atomic E-state index is 0.546. The monoisotopic (exact) mass is 117 g/mol. The highest BCUT2D eigenvalue weighted by atomic mass is 16.6. The van der Waals surface area contributed by atoms with Crippen LogP contribution in [-0.4, -0.2) is 19.5 Å². The molecule has 0 aliphatic heterocycles. The van der Waals surface area contributed by atoms with Crippen LogP contribution in [0.25, 0.3) is 0 Å². The molecule has 0 aliphatic rings. The van der Waals surface area contributed by atoms with E-state index in [2.05, 4.69) is 9.99 Å². The van der Waals surface area contributed by atoms with Crippen molar-refractivity contribution in [2.75, 3.05) is 13.2 Å². The van der Waals surface area contributed by atoms with E-state index in [4.69, 9.17) is 11.5 Å². The first kappa shape index (κ1) is 7.23. The second-order valence-corrected chi connectivity index (χ2v) is 1.23. The lowest BCUT2D eigenvalue weighted by atomic mass is 10.5. The minimum Gasteiger partial charge on any atom is -0.395 e. The molecule has 0 saturated heterocycles. The van der Waals surface area contributed by atoms with Gasteiger partial charge in [0.1, 0.15) is 12.9 Å². The smallest absolute Gasteiger partial charge is 0.125 e. The summed E-state index contributed by atoms with van der Waals surface area (Å²) in [5.41, 5.74) is 10.0. The molecule has 48 valence electrons. The van der Waals surface area contributed by atoms with Crippen LogP contribution in [0.2, 0.25) is 0 Å². The topological polar surface area (TPSA) is 73.6 Å². The Morgan fingerprint density at radius 3 is 2.88 bits per heavy atom. The summed E-state index contributed by atoms with van der Waals surface area (Å²) in [5, 5.41) is 3.31. The van der Waals surface area contributed by atoms with E-state index in [0.717, 1.165) is 12.8 Å². The molecule has 0 unspecified atom stereocenters. The summed E-state index contributed by atoms with van der Waals surface area (Å²) in [6, 6.07) is 0. The molecule has 4 N–H and O–H groups in total. The third-order valence-corrected chi connectivity index (χ3v) is 0.575. The van der Waals surface area contributed by atoms with Crippen LogP contribution in [0, 0.1) is 0 Å².